The first-order valence-corrected chi connectivity index (χ1v) is 12.5. The van der Waals surface area contributed by atoms with Gasteiger partial charge < -0.3 is 29.9 Å². The summed E-state index contributed by atoms with van der Waals surface area (Å²) in [5, 5.41) is 21.7. The first-order chi connectivity index (χ1) is 18.3. The van der Waals surface area contributed by atoms with Crippen LogP contribution in [-0.2, 0) is 31.8 Å². The van der Waals surface area contributed by atoms with E-state index >= 15 is 0 Å². The predicted octanol–water partition coefficient (Wildman–Crippen LogP) is -2.07. The highest BCUT2D eigenvalue weighted by molar-refractivity contribution is 6.31. The summed E-state index contributed by atoms with van der Waals surface area (Å²) in [6.45, 7) is 0.694. The first kappa shape index (κ1) is 31.4. The van der Waals surface area contributed by atoms with Crippen molar-refractivity contribution in [2.45, 2.75) is 31.8 Å². The average molecular weight is 628 g/mol. The van der Waals surface area contributed by atoms with Gasteiger partial charge in [0.15, 0.2) is 5.60 Å². The molecule has 0 aliphatic carbocycles. The summed E-state index contributed by atoms with van der Waals surface area (Å²) in [5.74, 6) is -1.60. The van der Waals surface area contributed by atoms with Gasteiger partial charge in [-0.05, 0) is 18.2 Å². The minimum Gasteiger partial charge on any atom is -1.00 e. The summed E-state index contributed by atoms with van der Waals surface area (Å²) in [5.41, 5.74) is -0.0724. The monoisotopic (exact) mass is 626 g/mol. The second-order valence-electron chi connectivity index (χ2n) is 9.07. The van der Waals surface area contributed by atoms with Crippen LogP contribution in [0.4, 0.5) is 8.78 Å². The van der Waals surface area contributed by atoms with Gasteiger partial charge in [0.25, 0.3) is 12.7 Å². The molecule has 0 radical (unpaired) electrons. The molecule has 13 heteroatoms. The lowest BCUT2D eigenvalue weighted by molar-refractivity contribution is -0.689. The van der Waals surface area contributed by atoms with Crippen molar-refractivity contribution >= 4 is 23.2 Å². The number of rotatable bonds is 9. The molecule has 0 saturated carbocycles. The molecule has 3 aromatic carbocycles. The van der Waals surface area contributed by atoms with Crippen molar-refractivity contribution < 1.29 is 47.8 Å². The largest absolute Gasteiger partial charge is 1.00 e. The molecule has 0 spiro atoms. The highest BCUT2D eigenvalue weighted by atomic mass is 35.5. The summed E-state index contributed by atoms with van der Waals surface area (Å²) < 4.78 is 35.2. The first-order valence-electron chi connectivity index (χ1n) is 11.8. The molecule has 1 N–H and O–H groups in total. The molecule has 2 heterocycles. The van der Waals surface area contributed by atoms with Gasteiger partial charge >= 0.3 is 0 Å². The third kappa shape index (κ3) is 7.35. The van der Waals surface area contributed by atoms with Crippen LogP contribution in [0.2, 0.25) is 10.0 Å². The second-order valence-corrected chi connectivity index (χ2v) is 9.89. The molecule has 0 atom stereocenters. The van der Waals surface area contributed by atoms with Crippen molar-refractivity contribution in [2.24, 2.45) is 0 Å². The van der Waals surface area contributed by atoms with Crippen molar-refractivity contribution in [1.29, 1.82) is 0 Å². The van der Waals surface area contributed by atoms with Crippen LogP contribution in [0.1, 0.15) is 16.7 Å². The van der Waals surface area contributed by atoms with E-state index in [4.69, 9.17) is 23.2 Å². The highest BCUT2D eigenvalue weighted by Gasteiger charge is 2.39. The lowest BCUT2D eigenvalue weighted by Crippen LogP contribution is -3.00. The van der Waals surface area contributed by atoms with Crippen LogP contribution in [-0.4, -0.2) is 24.7 Å². The zero-order valence-corrected chi connectivity index (χ0v) is 23.9. The predicted molar refractivity (Wildman–Crippen MR) is 136 cm³/mol. The van der Waals surface area contributed by atoms with Crippen LogP contribution < -0.4 is 33.9 Å². The SMILES string of the molecule is OC(Cn1c[n+](Cc2ccccc2Cl)cn1)(Cn1c[n+](Cc2ccccc2Cl)cn1)c1ccc(F)cc1F.[Cl-].[Cl-]. The smallest absolute Gasteiger partial charge is 0.265 e. The molecular formula is C27H24Cl4F2N6O. The lowest BCUT2D eigenvalue weighted by atomic mass is 9.93. The van der Waals surface area contributed by atoms with Gasteiger partial charge in [0.05, 0.1) is 13.1 Å². The normalized spacial score (nSPS) is 11.1. The van der Waals surface area contributed by atoms with E-state index in [1.54, 1.807) is 46.6 Å². The number of nitrogens with zero attached hydrogens (tertiary/aromatic N) is 6. The van der Waals surface area contributed by atoms with Gasteiger partial charge in [-0.15, -0.1) is 9.36 Å². The fourth-order valence-corrected chi connectivity index (χ4v) is 4.71. The maximum absolute atomic E-state index is 14.9. The second kappa shape index (κ2) is 13.5. The molecule has 2 aromatic heterocycles. The van der Waals surface area contributed by atoms with Crippen molar-refractivity contribution in [3.8, 4) is 0 Å². The van der Waals surface area contributed by atoms with Gasteiger partial charge in [-0.2, -0.15) is 0 Å². The Balaban J connectivity index is 0.00000220. The number of aliphatic hydroxyl groups is 1. The van der Waals surface area contributed by atoms with E-state index in [1.807, 2.05) is 36.4 Å². The summed E-state index contributed by atoms with van der Waals surface area (Å²) in [7, 11) is 0. The number of hydrogen-bond acceptors (Lipinski definition) is 3. The maximum Gasteiger partial charge on any atom is 0.265 e. The molecule has 0 fully saturated rings. The van der Waals surface area contributed by atoms with Crippen molar-refractivity contribution in [2.75, 3.05) is 0 Å². The van der Waals surface area contributed by atoms with E-state index in [0.717, 1.165) is 23.3 Å². The Bertz CT molecular complexity index is 1490. The quantitative estimate of drug-likeness (QED) is 0.191. The Kier molecular flexibility index (Phi) is 10.6. The van der Waals surface area contributed by atoms with E-state index in [0.29, 0.717) is 23.1 Å². The Morgan fingerprint density at radius 2 is 1.23 bits per heavy atom. The molecule has 0 bridgehead atoms. The molecule has 5 aromatic rings. The highest BCUT2D eigenvalue weighted by Crippen LogP contribution is 2.28. The minimum atomic E-state index is -1.81. The van der Waals surface area contributed by atoms with Gasteiger partial charge in [0.1, 0.15) is 24.7 Å². The number of hydrogen-bond donors (Lipinski definition) is 1. The lowest BCUT2D eigenvalue weighted by Gasteiger charge is -2.24. The van der Waals surface area contributed by atoms with Crippen LogP contribution in [0.5, 0.6) is 0 Å². The Morgan fingerprint density at radius 1 is 0.750 bits per heavy atom. The molecule has 0 amide bonds. The fraction of sp³-hybridized carbons (Fsp3) is 0.185. The summed E-state index contributed by atoms with van der Waals surface area (Å²) in [4.78, 5) is 0. The van der Waals surface area contributed by atoms with Crippen molar-refractivity contribution in [3.05, 3.63) is 130 Å². The van der Waals surface area contributed by atoms with Crippen LogP contribution in [0.3, 0.4) is 0 Å². The summed E-state index contributed by atoms with van der Waals surface area (Å²) in [6.07, 6.45) is 6.57. The van der Waals surface area contributed by atoms with Crippen molar-refractivity contribution in [1.82, 2.24) is 19.6 Å². The van der Waals surface area contributed by atoms with E-state index in [-0.39, 0.29) is 43.5 Å². The average Bonchev–Trinajstić information content (AvgIpc) is 3.50. The number of aromatic nitrogens is 6. The van der Waals surface area contributed by atoms with E-state index in [2.05, 4.69) is 10.2 Å². The van der Waals surface area contributed by atoms with Crippen molar-refractivity contribution in [3.63, 3.8) is 0 Å². The van der Waals surface area contributed by atoms with Gasteiger partial charge in [0.2, 0.25) is 12.7 Å². The Morgan fingerprint density at radius 3 is 1.68 bits per heavy atom. The zero-order valence-electron chi connectivity index (χ0n) is 20.9. The number of halogens is 6. The van der Waals surface area contributed by atoms with Crippen LogP contribution in [0.15, 0.2) is 92.0 Å². The van der Waals surface area contributed by atoms with Crippen LogP contribution >= 0.6 is 23.2 Å². The van der Waals surface area contributed by atoms with E-state index in [9.17, 15) is 13.9 Å². The van der Waals surface area contributed by atoms with Gasteiger partial charge in [-0.1, -0.05) is 65.7 Å². The van der Waals surface area contributed by atoms with E-state index < -0.39 is 17.2 Å². The van der Waals surface area contributed by atoms with E-state index in [1.165, 1.54) is 15.4 Å². The molecule has 0 unspecified atom stereocenters. The standard InChI is InChI=1S/C27H24Cl2F2N6O.2ClH/c28-24-7-3-1-5-20(24)12-34-16-32-36(18-34)14-27(38,23-10-9-22(30)11-26(23)31)15-37-19-35(17-33-37)13-21-6-2-4-8-25(21)29;;/h1-11,16-19,38H,12-15H2;2*1H/q+2;;/p-2. The molecule has 0 aliphatic rings. The van der Waals surface area contributed by atoms with Gasteiger partial charge in [-0.3, -0.25) is 0 Å². The zero-order chi connectivity index (χ0) is 26.7. The van der Waals surface area contributed by atoms with Crippen LogP contribution in [0.25, 0.3) is 0 Å². The minimum absolute atomic E-state index is 0. The Hall–Kier alpha value is -3.08. The molecule has 5 rings (SSSR count). The molecule has 210 valence electrons. The molecule has 0 aliphatic heterocycles. The number of benzene rings is 3. The van der Waals surface area contributed by atoms with Gasteiger partial charge in [-0.25, -0.2) is 17.9 Å². The maximum atomic E-state index is 14.9. The van der Waals surface area contributed by atoms with Gasteiger partial charge in [0, 0.05) is 43.0 Å². The summed E-state index contributed by atoms with van der Waals surface area (Å²) >= 11 is 12.6. The topological polar surface area (TPSA) is 63.6 Å². The third-order valence-corrected chi connectivity index (χ3v) is 6.90. The molecular weight excluding hydrogens is 604 g/mol. The fourth-order valence-electron chi connectivity index (χ4n) is 4.32. The Labute approximate surface area is 252 Å². The van der Waals surface area contributed by atoms with Crippen LogP contribution in [0, 0.1) is 11.6 Å². The molecule has 7 nitrogen and oxygen atoms in total. The molecule has 40 heavy (non-hydrogen) atoms. The third-order valence-electron chi connectivity index (χ3n) is 6.16. The molecule has 0 saturated heterocycles. The summed E-state index contributed by atoms with van der Waals surface area (Å²) in [6, 6.07) is 18.0.